The Morgan fingerprint density at radius 3 is 1.29 bits per heavy atom. The van der Waals surface area contributed by atoms with Crippen molar-refractivity contribution >= 4 is 5.97 Å². The molecule has 1 rings (SSSR count). The minimum Gasteiger partial charge on any atom is -0.457 e. The van der Waals surface area contributed by atoms with Crippen LogP contribution in [0, 0.1) is 0 Å². The third-order valence-electron chi connectivity index (χ3n) is 13.2. The highest BCUT2D eigenvalue weighted by Crippen LogP contribution is 2.23. The minimum absolute atomic E-state index is 0.114. The highest BCUT2D eigenvalue weighted by molar-refractivity contribution is 5.69. The number of hydrogen-bond acceptors (Lipinski definition) is 9. The van der Waals surface area contributed by atoms with Crippen molar-refractivity contribution in [2.45, 2.75) is 295 Å². The Labute approximate surface area is 418 Å². The van der Waals surface area contributed by atoms with Gasteiger partial charge in [-0.3, -0.25) is 4.79 Å². The van der Waals surface area contributed by atoms with Crippen LogP contribution in [-0.2, 0) is 23.7 Å². The first-order valence-corrected chi connectivity index (χ1v) is 28.7. The highest BCUT2D eigenvalue weighted by Gasteiger charge is 2.44. The molecular formula is C59H108O9. The molecule has 398 valence electrons. The molecule has 9 nitrogen and oxygen atoms in total. The summed E-state index contributed by atoms with van der Waals surface area (Å²) in [7, 11) is 0. The van der Waals surface area contributed by atoms with Crippen LogP contribution in [0.25, 0.3) is 0 Å². The van der Waals surface area contributed by atoms with E-state index in [1.807, 2.05) is 0 Å². The van der Waals surface area contributed by atoms with Gasteiger partial charge in [0.15, 0.2) is 6.29 Å². The smallest absolute Gasteiger partial charge is 0.306 e. The number of esters is 1. The second-order valence-corrected chi connectivity index (χ2v) is 19.7. The summed E-state index contributed by atoms with van der Waals surface area (Å²) in [5.41, 5.74) is 0. The Morgan fingerprint density at radius 1 is 0.471 bits per heavy atom. The molecule has 6 unspecified atom stereocenters. The lowest BCUT2D eigenvalue weighted by molar-refractivity contribution is -0.305. The van der Waals surface area contributed by atoms with E-state index >= 15 is 0 Å². The summed E-state index contributed by atoms with van der Waals surface area (Å²) in [6.45, 7) is 4.57. The van der Waals surface area contributed by atoms with Crippen molar-refractivity contribution in [3.05, 3.63) is 48.6 Å². The van der Waals surface area contributed by atoms with Crippen LogP contribution in [0.4, 0.5) is 0 Å². The van der Waals surface area contributed by atoms with Gasteiger partial charge < -0.3 is 39.4 Å². The average Bonchev–Trinajstić information content (AvgIpc) is 3.34. The maximum absolute atomic E-state index is 12.9. The van der Waals surface area contributed by atoms with Gasteiger partial charge in [-0.1, -0.05) is 223 Å². The Bertz CT molecular complexity index is 1180. The van der Waals surface area contributed by atoms with Crippen LogP contribution in [0.1, 0.15) is 258 Å². The van der Waals surface area contributed by atoms with E-state index in [9.17, 15) is 25.2 Å². The summed E-state index contributed by atoms with van der Waals surface area (Å²) in [6.07, 6.45) is 57.2. The van der Waals surface area contributed by atoms with Crippen molar-refractivity contribution in [2.24, 2.45) is 0 Å². The van der Waals surface area contributed by atoms with Crippen LogP contribution in [0.15, 0.2) is 48.6 Å². The molecule has 1 fully saturated rings. The Morgan fingerprint density at radius 2 is 0.853 bits per heavy atom. The van der Waals surface area contributed by atoms with Gasteiger partial charge in [0.2, 0.25) is 0 Å². The van der Waals surface area contributed by atoms with Crippen molar-refractivity contribution < 1.29 is 44.2 Å². The topological polar surface area (TPSA) is 135 Å². The summed E-state index contributed by atoms with van der Waals surface area (Å²) in [4.78, 5) is 12.9. The van der Waals surface area contributed by atoms with E-state index in [1.165, 1.54) is 193 Å². The van der Waals surface area contributed by atoms with Gasteiger partial charge in [-0.15, -0.1) is 0 Å². The van der Waals surface area contributed by atoms with Crippen molar-refractivity contribution in [3.8, 4) is 0 Å². The molecular weight excluding hydrogens is 853 g/mol. The molecule has 0 aromatic rings. The lowest BCUT2D eigenvalue weighted by atomic mass is 9.99. The van der Waals surface area contributed by atoms with E-state index < -0.39 is 43.4 Å². The second kappa shape index (κ2) is 50.1. The molecule has 4 N–H and O–H groups in total. The Hall–Kier alpha value is -1.85. The first-order chi connectivity index (χ1) is 33.4. The molecule has 1 aliphatic rings. The minimum atomic E-state index is -1.54. The lowest BCUT2D eigenvalue weighted by Crippen LogP contribution is -2.59. The molecule has 1 aliphatic heterocycles. The summed E-state index contributed by atoms with van der Waals surface area (Å²) >= 11 is 0. The van der Waals surface area contributed by atoms with Crippen LogP contribution in [0.3, 0.4) is 0 Å². The summed E-state index contributed by atoms with van der Waals surface area (Å²) < 4.78 is 23.0. The molecule has 0 bridgehead atoms. The van der Waals surface area contributed by atoms with E-state index in [0.717, 1.165) is 44.9 Å². The molecule has 0 amide bonds. The number of unbranched alkanes of at least 4 members (excludes halogenated alkanes) is 31. The fourth-order valence-corrected chi connectivity index (χ4v) is 8.73. The van der Waals surface area contributed by atoms with Crippen LogP contribution in [-0.4, -0.2) is 89.6 Å². The predicted octanol–water partition coefficient (Wildman–Crippen LogP) is 14.8. The predicted molar refractivity (Wildman–Crippen MR) is 284 cm³/mol. The van der Waals surface area contributed by atoms with Crippen LogP contribution < -0.4 is 0 Å². The molecule has 6 atom stereocenters. The van der Waals surface area contributed by atoms with Gasteiger partial charge >= 0.3 is 5.97 Å². The number of aliphatic hydroxyl groups excluding tert-OH is 4. The van der Waals surface area contributed by atoms with E-state index in [-0.39, 0.29) is 19.2 Å². The number of rotatable bonds is 50. The van der Waals surface area contributed by atoms with Gasteiger partial charge in [0.1, 0.15) is 30.5 Å². The third kappa shape index (κ3) is 39.8. The van der Waals surface area contributed by atoms with Gasteiger partial charge in [-0.25, -0.2) is 0 Å². The number of carbonyl (C=O) groups is 1. The van der Waals surface area contributed by atoms with Crippen molar-refractivity contribution in [3.63, 3.8) is 0 Å². The lowest BCUT2D eigenvalue weighted by Gasteiger charge is -2.39. The van der Waals surface area contributed by atoms with Gasteiger partial charge in [0.25, 0.3) is 0 Å². The summed E-state index contributed by atoms with van der Waals surface area (Å²) in [5.74, 6) is -0.314. The van der Waals surface area contributed by atoms with E-state index in [4.69, 9.17) is 18.9 Å². The molecule has 9 heteroatoms. The Balaban J connectivity index is 2.15. The molecule has 0 aromatic carbocycles. The zero-order valence-corrected chi connectivity index (χ0v) is 44.1. The normalized spacial score (nSPS) is 19.4. The summed E-state index contributed by atoms with van der Waals surface area (Å²) in [5, 5.41) is 40.3. The monoisotopic (exact) mass is 961 g/mol. The van der Waals surface area contributed by atoms with Crippen LogP contribution in [0.5, 0.6) is 0 Å². The molecule has 0 spiro atoms. The van der Waals surface area contributed by atoms with E-state index in [2.05, 4.69) is 62.5 Å². The zero-order valence-electron chi connectivity index (χ0n) is 44.1. The van der Waals surface area contributed by atoms with Crippen molar-refractivity contribution in [1.29, 1.82) is 0 Å². The highest BCUT2D eigenvalue weighted by atomic mass is 16.7. The maximum Gasteiger partial charge on any atom is 0.306 e. The number of ether oxygens (including phenoxy) is 4. The van der Waals surface area contributed by atoms with Gasteiger partial charge in [0, 0.05) is 13.0 Å². The molecule has 1 saturated heterocycles. The van der Waals surface area contributed by atoms with Crippen LogP contribution in [0.2, 0.25) is 0 Å². The third-order valence-corrected chi connectivity index (χ3v) is 13.2. The zero-order chi connectivity index (χ0) is 49.2. The fraction of sp³-hybridized carbons (Fsp3) is 0.847. The average molecular weight is 962 g/mol. The van der Waals surface area contributed by atoms with Gasteiger partial charge in [-0.05, 0) is 77.0 Å². The molecule has 0 aromatic heterocycles. The standard InChI is InChI=1S/C59H108O9/c1-3-5-7-9-11-13-15-17-19-21-23-24-25-26-27-28-29-31-33-35-37-39-41-43-45-47-49-65-51-53(52-66-59-58(64)57(63)56(62)54(50-60)68-59)67-55(61)48-46-44-42-40-38-36-34-32-30-22-20-18-16-14-12-10-8-6-4-2/h15,17-18,20-21,23,25-26,53-54,56-60,62-64H,3-14,16,19,22,24,27-52H2,1-2H3/b17-15-,20-18-,23-21-,26-25-. The van der Waals surface area contributed by atoms with Crippen molar-refractivity contribution in [1.82, 2.24) is 0 Å². The number of hydrogen-bond donors (Lipinski definition) is 4. The SMILES string of the molecule is CCCCCCC/C=C\C/C=C\C/C=C\CCCCCCCCCCCCCOCC(COC1OC(CO)C(O)C(O)C1O)OC(=O)CCCCCCCCCCC/C=C\CCCCCCCC. The first kappa shape index (κ1) is 64.2. The molecule has 0 aliphatic carbocycles. The fourth-order valence-electron chi connectivity index (χ4n) is 8.73. The number of carbonyl (C=O) groups excluding carboxylic acids is 1. The maximum atomic E-state index is 12.9. The molecule has 0 radical (unpaired) electrons. The number of allylic oxidation sites excluding steroid dienone is 8. The van der Waals surface area contributed by atoms with Crippen molar-refractivity contribution in [2.75, 3.05) is 26.4 Å². The second-order valence-electron chi connectivity index (χ2n) is 19.7. The quantitative estimate of drug-likeness (QED) is 0.0267. The molecule has 1 heterocycles. The van der Waals surface area contributed by atoms with Gasteiger partial charge in [-0.2, -0.15) is 0 Å². The molecule has 0 saturated carbocycles. The number of aliphatic hydroxyl groups is 4. The first-order valence-electron chi connectivity index (χ1n) is 28.7. The van der Waals surface area contributed by atoms with Crippen LogP contribution >= 0.6 is 0 Å². The summed E-state index contributed by atoms with van der Waals surface area (Å²) in [6, 6.07) is 0. The largest absolute Gasteiger partial charge is 0.457 e. The Kier molecular flexibility index (Phi) is 47.3. The van der Waals surface area contributed by atoms with E-state index in [0.29, 0.717) is 13.0 Å². The van der Waals surface area contributed by atoms with Gasteiger partial charge in [0.05, 0.1) is 19.8 Å². The van der Waals surface area contributed by atoms with E-state index in [1.54, 1.807) is 0 Å². The molecule has 68 heavy (non-hydrogen) atoms.